The van der Waals surface area contributed by atoms with Crippen LogP contribution < -0.4 is 10.1 Å². The average molecular weight is 241 g/mol. The lowest BCUT2D eigenvalue weighted by molar-refractivity contribution is -0.125. The van der Waals surface area contributed by atoms with Gasteiger partial charge in [0.15, 0.2) is 11.9 Å². The molecular weight excluding hydrogens is 230 g/mol. The van der Waals surface area contributed by atoms with Crippen LogP contribution in [0.25, 0.3) is 0 Å². The van der Waals surface area contributed by atoms with Gasteiger partial charge in [-0.05, 0) is 5.92 Å². The number of thiophene rings is 1. The van der Waals surface area contributed by atoms with Crippen LogP contribution >= 0.6 is 11.3 Å². The monoisotopic (exact) mass is 241 g/mol. The largest absolute Gasteiger partial charge is 0.477 e. The molecule has 1 amide bonds. The van der Waals surface area contributed by atoms with Crippen LogP contribution in [0.5, 0.6) is 5.75 Å². The van der Waals surface area contributed by atoms with Gasteiger partial charge in [-0.3, -0.25) is 4.79 Å². The molecule has 16 heavy (non-hydrogen) atoms. The summed E-state index contributed by atoms with van der Waals surface area (Å²) in [5, 5.41) is 13.1. The number of fused-ring (bicyclic) bond motifs is 1. The second-order valence-electron chi connectivity index (χ2n) is 3.88. The van der Waals surface area contributed by atoms with Gasteiger partial charge in [0.25, 0.3) is 5.91 Å². The standard InChI is InChI=1S/C10H11NO4S/c1-4(2)7-9(12)11-6-5(15-7)3-16-8(6)10(13)14/h3-4,7H,1-2H3,(H,11,12)(H,13,14). The van der Waals surface area contributed by atoms with Crippen molar-refractivity contribution in [2.45, 2.75) is 20.0 Å². The molecule has 1 aromatic rings. The molecule has 0 aliphatic carbocycles. The highest BCUT2D eigenvalue weighted by molar-refractivity contribution is 7.13. The van der Waals surface area contributed by atoms with Crippen molar-refractivity contribution in [3.63, 3.8) is 0 Å². The molecule has 0 bridgehead atoms. The minimum absolute atomic E-state index is 0.0429. The van der Waals surface area contributed by atoms with Gasteiger partial charge in [0.05, 0.1) is 0 Å². The molecule has 2 rings (SSSR count). The summed E-state index contributed by atoms with van der Waals surface area (Å²) in [5.41, 5.74) is 0.277. The first-order valence-corrected chi connectivity index (χ1v) is 5.71. The molecule has 2 heterocycles. The summed E-state index contributed by atoms with van der Waals surface area (Å²) in [5.74, 6) is -0.858. The zero-order valence-corrected chi connectivity index (χ0v) is 9.63. The Kier molecular flexibility index (Phi) is 2.59. The molecule has 1 atom stereocenters. The molecule has 0 aromatic carbocycles. The number of rotatable bonds is 2. The fourth-order valence-corrected chi connectivity index (χ4v) is 2.30. The molecule has 0 fully saturated rings. The van der Waals surface area contributed by atoms with Crippen LogP contribution in [0.3, 0.4) is 0 Å². The molecule has 0 spiro atoms. The van der Waals surface area contributed by atoms with Crippen molar-refractivity contribution in [3.8, 4) is 5.75 Å². The number of anilines is 1. The van der Waals surface area contributed by atoms with E-state index in [1.165, 1.54) is 0 Å². The fraction of sp³-hybridized carbons (Fsp3) is 0.400. The van der Waals surface area contributed by atoms with Crippen molar-refractivity contribution in [2.24, 2.45) is 5.92 Å². The summed E-state index contributed by atoms with van der Waals surface area (Å²) in [6.07, 6.45) is -0.552. The van der Waals surface area contributed by atoms with Crippen LogP contribution in [-0.2, 0) is 4.79 Å². The molecule has 1 aliphatic rings. The number of amides is 1. The van der Waals surface area contributed by atoms with E-state index in [-0.39, 0.29) is 22.4 Å². The molecular formula is C10H11NO4S. The van der Waals surface area contributed by atoms with Crippen molar-refractivity contribution < 1.29 is 19.4 Å². The number of carbonyl (C=O) groups is 2. The molecule has 1 unspecified atom stereocenters. The third kappa shape index (κ3) is 1.65. The van der Waals surface area contributed by atoms with E-state index in [0.29, 0.717) is 5.75 Å². The van der Waals surface area contributed by atoms with Crippen molar-refractivity contribution in [1.29, 1.82) is 0 Å². The highest BCUT2D eigenvalue weighted by Crippen LogP contribution is 2.39. The number of carboxylic acids is 1. The highest BCUT2D eigenvalue weighted by atomic mass is 32.1. The molecule has 6 heteroatoms. The second-order valence-corrected chi connectivity index (χ2v) is 4.76. The predicted molar refractivity (Wildman–Crippen MR) is 59.2 cm³/mol. The number of nitrogens with one attached hydrogen (secondary N) is 1. The van der Waals surface area contributed by atoms with Gasteiger partial charge in [-0.25, -0.2) is 4.79 Å². The van der Waals surface area contributed by atoms with Gasteiger partial charge in [-0.1, -0.05) is 13.8 Å². The minimum Gasteiger partial charge on any atom is -0.477 e. The van der Waals surface area contributed by atoms with Crippen molar-refractivity contribution in [1.82, 2.24) is 0 Å². The Hall–Kier alpha value is -1.56. The highest BCUT2D eigenvalue weighted by Gasteiger charge is 2.33. The Labute approximate surface area is 96.0 Å². The number of hydrogen-bond donors (Lipinski definition) is 2. The third-order valence-electron chi connectivity index (χ3n) is 2.32. The van der Waals surface area contributed by atoms with Crippen LogP contribution in [0.15, 0.2) is 5.38 Å². The van der Waals surface area contributed by atoms with Crippen LogP contribution in [-0.4, -0.2) is 23.1 Å². The molecule has 0 saturated carbocycles. The maximum Gasteiger partial charge on any atom is 0.348 e. The van der Waals surface area contributed by atoms with Crippen molar-refractivity contribution in [3.05, 3.63) is 10.3 Å². The Morgan fingerprint density at radius 2 is 2.31 bits per heavy atom. The topological polar surface area (TPSA) is 75.6 Å². The number of carboxylic acid groups (broad SMARTS) is 1. The molecule has 2 N–H and O–H groups in total. The summed E-state index contributed by atoms with van der Waals surface area (Å²) in [7, 11) is 0. The van der Waals surface area contributed by atoms with E-state index in [2.05, 4.69) is 5.32 Å². The van der Waals surface area contributed by atoms with Crippen LogP contribution in [0, 0.1) is 5.92 Å². The van der Waals surface area contributed by atoms with Gasteiger partial charge >= 0.3 is 5.97 Å². The first kappa shape index (κ1) is 10.9. The molecule has 1 aliphatic heterocycles. The number of aromatic carboxylic acids is 1. The summed E-state index contributed by atoms with van der Waals surface area (Å²) >= 11 is 1.05. The Morgan fingerprint density at radius 3 is 2.88 bits per heavy atom. The van der Waals surface area contributed by atoms with Gasteiger partial charge in [-0.15, -0.1) is 11.3 Å². The van der Waals surface area contributed by atoms with Gasteiger partial charge in [-0.2, -0.15) is 0 Å². The maximum absolute atomic E-state index is 11.6. The van der Waals surface area contributed by atoms with E-state index in [1.807, 2.05) is 13.8 Å². The van der Waals surface area contributed by atoms with Gasteiger partial charge in [0.1, 0.15) is 10.6 Å². The summed E-state index contributed by atoms with van der Waals surface area (Å²) in [6, 6.07) is 0. The Morgan fingerprint density at radius 1 is 1.62 bits per heavy atom. The van der Waals surface area contributed by atoms with Crippen molar-refractivity contribution >= 4 is 28.9 Å². The Bertz CT molecular complexity index is 452. The predicted octanol–water partition coefficient (Wildman–Crippen LogP) is 1.80. The lowest BCUT2D eigenvalue weighted by Gasteiger charge is -2.26. The summed E-state index contributed by atoms with van der Waals surface area (Å²) in [6.45, 7) is 3.75. The molecule has 0 saturated heterocycles. The lowest BCUT2D eigenvalue weighted by atomic mass is 10.1. The summed E-state index contributed by atoms with van der Waals surface area (Å²) in [4.78, 5) is 22.6. The second kappa shape index (κ2) is 3.79. The molecule has 5 nitrogen and oxygen atoms in total. The van der Waals surface area contributed by atoms with E-state index in [1.54, 1.807) is 5.38 Å². The molecule has 86 valence electrons. The fourth-order valence-electron chi connectivity index (χ4n) is 1.53. The SMILES string of the molecule is CC(C)C1Oc2csc(C(=O)O)c2NC1=O. The zero-order valence-electron chi connectivity index (χ0n) is 8.81. The first-order valence-electron chi connectivity index (χ1n) is 4.83. The van der Waals surface area contributed by atoms with Crippen molar-refractivity contribution in [2.75, 3.05) is 5.32 Å². The van der Waals surface area contributed by atoms with Gasteiger partial charge < -0.3 is 15.2 Å². The zero-order chi connectivity index (χ0) is 11.9. The minimum atomic E-state index is -1.06. The first-order chi connectivity index (χ1) is 7.50. The normalized spacial score (nSPS) is 18.9. The maximum atomic E-state index is 11.6. The number of carbonyl (C=O) groups excluding carboxylic acids is 1. The van der Waals surface area contributed by atoms with Gasteiger partial charge in [0.2, 0.25) is 0 Å². The Balaban J connectivity index is 2.37. The molecule has 1 aromatic heterocycles. The lowest BCUT2D eigenvalue weighted by Crippen LogP contribution is -2.40. The van der Waals surface area contributed by atoms with Crippen LogP contribution in [0.4, 0.5) is 5.69 Å². The number of ether oxygens (including phenoxy) is 1. The van der Waals surface area contributed by atoms with E-state index in [4.69, 9.17) is 9.84 Å². The van der Waals surface area contributed by atoms with E-state index < -0.39 is 12.1 Å². The quantitative estimate of drug-likeness (QED) is 0.827. The van der Waals surface area contributed by atoms with Gasteiger partial charge in [0, 0.05) is 5.38 Å². The number of hydrogen-bond acceptors (Lipinski definition) is 4. The third-order valence-corrected chi connectivity index (χ3v) is 3.26. The van der Waals surface area contributed by atoms with E-state index in [0.717, 1.165) is 11.3 Å². The summed E-state index contributed by atoms with van der Waals surface area (Å²) < 4.78 is 5.47. The average Bonchev–Trinajstić information content (AvgIpc) is 2.58. The van der Waals surface area contributed by atoms with Crippen LogP contribution in [0.1, 0.15) is 23.5 Å². The van der Waals surface area contributed by atoms with E-state index >= 15 is 0 Å². The van der Waals surface area contributed by atoms with Crippen LogP contribution in [0.2, 0.25) is 0 Å². The smallest absolute Gasteiger partial charge is 0.348 e. The molecule has 0 radical (unpaired) electrons. The van der Waals surface area contributed by atoms with E-state index in [9.17, 15) is 9.59 Å².